The maximum absolute atomic E-state index is 5.44. The van der Waals surface area contributed by atoms with E-state index in [2.05, 4.69) is 46.7 Å². The number of halogens is 1. The summed E-state index contributed by atoms with van der Waals surface area (Å²) in [4.78, 5) is 4.32. The van der Waals surface area contributed by atoms with Gasteiger partial charge in [-0.1, -0.05) is 36.4 Å². The molecule has 0 aromatic carbocycles. The molecule has 1 aromatic rings. The van der Waals surface area contributed by atoms with Gasteiger partial charge in [0.1, 0.15) is 12.4 Å². The van der Waals surface area contributed by atoms with Gasteiger partial charge in [0.15, 0.2) is 0 Å². The fourth-order valence-corrected chi connectivity index (χ4v) is 1.37. The second kappa shape index (κ2) is 7.45. The number of nitrogens with zero attached hydrogens (tertiary/aromatic N) is 1. The molecule has 0 aliphatic heterocycles. The molecule has 94 valence electrons. The second-order valence-corrected chi connectivity index (χ2v) is 5.44. The largest absolute Gasteiger partial charge is 0.487 e. The van der Waals surface area contributed by atoms with Crippen LogP contribution in [0.25, 0.3) is 0 Å². The predicted octanol–water partition coefficient (Wildman–Crippen LogP) is 3.11. The van der Waals surface area contributed by atoms with Gasteiger partial charge in [0.05, 0.1) is 11.9 Å². The number of hydrogen-bond donors (Lipinski definition) is 1. The van der Waals surface area contributed by atoms with Crippen LogP contribution in [0.5, 0.6) is 5.75 Å². The highest BCUT2D eigenvalue weighted by atomic mass is 79.9. The van der Waals surface area contributed by atoms with E-state index in [9.17, 15) is 0 Å². The van der Waals surface area contributed by atoms with E-state index in [1.54, 1.807) is 6.20 Å². The van der Waals surface area contributed by atoms with Crippen molar-refractivity contribution in [3.05, 3.63) is 35.1 Å². The lowest BCUT2D eigenvalue weighted by atomic mass is 10.2. The van der Waals surface area contributed by atoms with Crippen LogP contribution in [0, 0.1) is 5.92 Å². The number of ether oxygens (including phenoxy) is 1. The van der Waals surface area contributed by atoms with Crippen LogP contribution in [-0.4, -0.2) is 18.1 Å². The topological polar surface area (TPSA) is 34.1 Å². The Morgan fingerprint density at radius 1 is 1.53 bits per heavy atom. The average molecular weight is 299 g/mol. The number of hydrogen-bond acceptors (Lipinski definition) is 3. The van der Waals surface area contributed by atoms with Crippen LogP contribution in [0.1, 0.15) is 19.5 Å². The van der Waals surface area contributed by atoms with E-state index >= 15 is 0 Å². The van der Waals surface area contributed by atoms with E-state index in [4.69, 9.17) is 4.74 Å². The zero-order valence-electron chi connectivity index (χ0n) is 10.4. The van der Waals surface area contributed by atoms with E-state index in [0.717, 1.165) is 29.0 Å². The van der Waals surface area contributed by atoms with E-state index < -0.39 is 0 Å². The summed E-state index contributed by atoms with van der Waals surface area (Å²) in [7, 11) is 0. The van der Waals surface area contributed by atoms with Crippen molar-refractivity contribution in [3.8, 4) is 5.75 Å². The summed E-state index contributed by atoms with van der Waals surface area (Å²) in [6.07, 6.45) is 1.74. The van der Waals surface area contributed by atoms with Gasteiger partial charge >= 0.3 is 0 Å². The number of rotatable bonds is 7. The molecule has 1 N–H and O–H groups in total. The van der Waals surface area contributed by atoms with Crippen LogP contribution < -0.4 is 10.1 Å². The Kier molecular flexibility index (Phi) is 6.22. The zero-order valence-corrected chi connectivity index (χ0v) is 12.0. The first kappa shape index (κ1) is 14.2. The Labute approximate surface area is 111 Å². The lowest BCUT2D eigenvalue weighted by molar-refractivity contribution is 0.359. The predicted molar refractivity (Wildman–Crippen MR) is 74.3 cm³/mol. The molecule has 17 heavy (non-hydrogen) atoms. The zero-order chi connectivity index (χ0) is 12.7. The smallest absolute Gasteiger partial charge is 0.138 e. The molecule has 4 heteroatoms. The van der Waals surface area contributed by atoms with Gasteiger partial charge in [0.2, 0.25) is 0 Å². The third kappa shape index (κ3) is 6.44. The normalized spacial score (nSPS) is 10.6. The molecule has 0 saturated carbocycles. The average Bonchev–Trinajstić information content (AvgIpc) is 2.27. The van der Waals surface area contributed by atoms with Crippen molar-refractivity contribution in [2.45, 2.75) is 20.4 Å². The van der Waals surface area contributed by atoms with Crippen molar-refractivity contribution in [2.24, 2.45) is 5.92 Å². The molecular weight excluding hydrogens is 280 g/mol. The molecule has 0 bridgehead atoms. The maximum atomic E-state index is 5.44. The first-order valence-corrected chi connectivity index (χ1v) is 6.49. The second-order valence-electron chi connectivity index (χ2n) is 4.32. The monoisotopic (exact) mass is 298 g/mol. The summed E-state index contributed by atoms with van der Waals surface area (Å²) >= 11 is 3.24. The molecule has 0 atom stereocenters. The Morgan fingerprint density at radius 3 is 2.82 bits per heavy atom. The molecule has 0 spiro atoms. The van der Waals surface area contributed by atoms with Gasteiger partial charge in [-0.05, 0) is 24.6 Å². The lowest BCUT2D eigenvalue weighted by Gasteiger charge is -2.08. The third-order valence-corrected chi connectivity index (χ3v) is 2.28. The van der Waals surface area contributed by atoms with Gasteiger partial charge in [-0.15, -0.1) is 0 Å². The summed E-state index contributed by atoms with van der Waals surface area (Å²) in [5.41, 5.74) is 1.02. The van der Waals surface area contributed by atoms with E-state index in [-0.39, 0.29) is 0 Å². The first-order chi connectivity index (χ1) is 8.08. The van der Waals surface area contributed by atoms with Crippen molar-refractivity contribution in [1.82, 2.24) is 10.3 Å². The third-order valence-electron chi connectivity index (χ3n) is 2.05. The Morgan fingerprint density at radius 2 is 2.29 bits per heavy atom. The van der Waals surface area contributed by atoms with Crippen LogP contribution in [0.3, 0.4) is 0 Å². The molecule has 0 unspecified atom stereocenters. The molecule has 0 radical (unpaired) electrons. The summed E-state index contributed by atoms with van der Waals surface area (Å²) < 4.78 is 6.26. The molecule has 1 rings (SSSR count). The summed E-state index contributed by atoms with van der Waals surface area (Å²) in [6, 6.07) is 3.90. The minimum Gasteiger partial charge on any atom is -0.487 e. The van der Waals surface area contributed by atoms with Crippen LogP contribution in [-0.2, 0) is 6.54 Å². The van der Waals surface area contributed by atoms with Crippen LogP contribution in [0.15, 0.2) is 29.4 Å². The van der Waals surface area contributed by atoms with Crippen LogP contribution in [0.4, 0.5) is 0 Å². The van der Waals surface area contributed by atoms with Crippen LogP contribution >= 0.6 is 15.9 Å². The molecular formula is C13H19BrN2O. The van der Waals surface area contributed by atoms with Crippen LogP contribution in [0.2, 0.25) is 0 Å². The Balaban J connectivity index is 2.36. The van der Waals surface area contributed by atoms with E-state index in [0.29, 0.717) is 12.5 Å². The standard InChI is InChI=1S/C13H19BrN2O/c1-10(2)6-15-7-12-4-5-13(8-16-12)17-9-11(3)14/h4-5,8,10,15H,3,6-7,9H2,1-2H3. The minimum absolute atomic E-state index is 0.465. The molecule has 1 aromatic heterocycles. The molecule has 0 aliphatic carbocycles. The SMILES string of the molecule is C=C(Br)COc1ccc(CNCC(C)C)nc1. The number of pyridine rings is 1. The molecule has 0 amide bonds. The van der Waals surface area contributed by atoms with E-state index in [1.165, 1.54) is 0 Å². The summed E-state index contributed by atoms with van der Waals surface area (Å²) in [5.74, 6) is 1.42. The van der Waals surface area contributed by atoms with Crippen molar-refractivity contribution >= 4 is 15.9 Å². The number of aromatic nitrogens is 1. The quantitative estimate of drug-likeness (QED) is 0.840. The van der Waals surface area contributed by atoms with Gasteiger partial charge in [-0.25, -0.2) is 0 Å². The fraction of sp³-hybridized carbons (Fsp3) is 0.462. The highest BCUT2D eigenvalue weighted by Crippen LogP contribution is 2.11. The minimum atomic E-state index is 0.465. The molecule has 1 heterocycles. The summed E-state index contributed by atoms with van der Waals surface area (Å²) in [5, 5.41) is 3.35. The molecule has 0 saturated heterocycles. The highest BCUT2D eigenvalue weighted by molar-refractivity contribution is 9.11. The summed E-state index contributed by atoms with van der Waals surface area (Å²) in [6.45, 7) is 10.3. The Hall–Kier alpha value is -0.870. The highest BCUT2D eigenvalue weighted by Gasteiger charge is 1.98. The van der Waals surface area contributed by atoms with Gasteiger partial charge < -0.3 is 10.1 Å². The lowest BCUT2D eigenvalue weighted by Crippen LogP contribution is -2.19. The van der Waals surface area contributed by atoms with Crippen molar-refractivity contribution in [1.29, 1.82) is 0 Å². The van der Waals surface area contributed by atoms with Gasteiger partial charge in [0, 0.05) is 11.0 Å². The molecule has 0 aliphatic rings. The van der Waals surface area contributed by atoms with E-state index in [1.807, 2.05) is 12.1 Å². The van der Waals surface area contributed by atoms with Crippen molar-refractivity contribution in [3.63, 3.8) is 0 Å². The Bertz CT molecular complexity index is 349. The molecule has 3 nitrogen and oxygen atoms in total. The van der Waals surface area contributed by atoms with Crippen molar-refractivity contribution < 1.29 is 4.74 Å². The molecule has 0 fully saturated rings. The van der Waals surface area contributed by atoms with Gasteiger partial charge in [0.25, 0.3) is 0 Å². The van der Waals surface area contributed by atoms with Gasteiger partial charge in [-0.2, -0.15) is 0 Å². The fourth-order valence-electron chi connectivity index (χ4n) is 1.25. The van der Waals surface area contributed by atoms with Gasteiger partial charge in [-0.3, -0.25) is 4.98 Å². The van der Waals surface area contributed by atoms with Crippen molar-refractivity contribution in [2.75, 3.05) is 13.2 Å². The first-order valence-electron chi connectivity index (χ1n) is 5.69. The maximum Gasteiger partial charge on any atom is 0.138 e. The number of nitrogens with one attached hydrogen (secondary N) is 1.